The topological polar surface area (TPSA) is 66.5 Å². The summed E-state index contributed by atoms with van der Waals surface area (Å²) in [5, 5.41) is 3.40. The van der Waals surface area contributed by atoms with Crippen LogP contribution in [0.2, 0.25) is 5.02 Å². The third kappa shape index (κ3) is 4.43. The van der Waals surface area contributed by atoms with Crippen LogP contribution in [-0.4, -0.2) is 37.5 Å². The Morgan fingerprint density at radius 3 is 2.86 bits per heavy atom. The molecule has 1 atom stereocenters. The number of nitrogens with one attached hydrogen (secondary N) is 1. The van der Waals surface area contributed by atoms with E-state index in [4.69, 9.17) is 11.6 Å². The first kappa shape index (κ1) is 16.3. The number of hydrogen-bond acceptors (Lipinski definition) is 3. The summed E-state index contributed by atoms with van der Waals surface area (Å²) >= 11 is 5.89. The molecule has 1 aliphatic rings. The summed E-state index contributed by atoms with van der Waals surface area (Å²) in [5.41, 5.74) is 0.887. The second kappa shape index (κ2) is 6.77. The van der Waals surface area contributed by atoms with Gasteiger partial charge < -0.3 is 5.32 Å². The fourth-order valence-electron chi connectivity index (χ4n) is 2.52. The molecule has 1 amide bonds. The van der Waals surface area contributed by atoms with Gasteiger partial charge in [-0.1, -0.05) is 30.2 Å². The van der Waals surface area contributed by atoms with E-state index in [-0.39, 0.29) is 5.91 Å². The number of rotatable bonds is 4. The maximum atomic E-state index is 12.3. The highest BCUT2D eigenvalue weighted by atomic mass is 35.5. The summed E-state index contributed by atoms with van der Waals surface area (Å²) in [7, 11) is -3.36. The van der Waals surface area contributed by atoms with Crippen LogP contribution in [-0.2, 0) is 21.4 Å². The van der Waals surface area contributed by atoms with Crippen molar-refractivity contribution in [2.75, 3.05) is 12.8 Å². The first-order chi connectivity index (χ1) is 9.88. The maximum Gasteiger partial charge on any atom is 0.238 e. The van der Waals surface area contributed by atoms with Crippen molar-refractivity contribution in [3.63, 3.8) is 0 Å². The molecule has 1 N–H and O–H groups in total. The average molecular weight is 331 g/mol. The highest BCUT2D eigenvalue weighted by Gasteiger charge is 2.34. The normalized spacial score (nSPS) is 20.2. The van der Waals surface area contributed by atoms with Gasteiger partial charge in [-0.3, -0.25) is 4.79 Å². The Bertz CT molecular complexity index is 618. The van der Waals surface area contributed by atoms with Crippen LogP contribution in [0.3, 0.4) is 0 Å². The van der Waals surface area contributed by atoms with Gasteiger partial charge in [-0.05, 0) is 30.5 Å². The van der Waals surface area contributed by atoms with E-state index in [1.54, 1.807) is 12.1 Å². The zero-order chi connectivity index (χ0) is 15.5. The number of piperidine rings is 1. The predicted molar refractivity (Wildman–Crippen MR) is 82.5 cm³/mol. The van der Waals surface area contributed by atoms with E-state index in [1.807, 2.05) is 12.1 Å². The molecule has 5 nitrogen and oxygen atoms in total. The van der Waals surface area contributed by atoms with Crippen molar-refractivity contribution < 1.29 is 13.2 Å². The highest BCUT2D eigenvalue weighted by molar-refractivity contribution is 7.88. The van der Waals surface area contributed by atoms with E-state index in [0.29, 0.717) is 24.5 Å². The second-order valence-electron chi connectivity index (χ2n) is 5.23. The van der Waals surface area contributed by atoms with Crippen LogP contribution in [0.25, 0.3) is 0 Å². The lowest BCUT2D eigenvalue weighted by Crippen LogP contribution is -2.51. The number of carbonyl (C=O) groups excluding carboxylic acids is 1. The van der Waals surface area contributed by atoms with Crippen molar-refractivity contribution in [1.29, 1.82) is 0 Å². The largest absolute Gasteiger partial charge is 0.351 e. The van der Waals surface area contributed by atoms with Gasteiger partial charge in [0.15, 0.2) is 0 Å². The fourth-order valence-corrected chi connectivity index (χ4v) is 3.85. The van der Waals surface area contributed by atoms with Crippen molar-refractivity contribution in [2.24, 2.45) is 0 Å². The molecule has 1 aromatic rings. The monoisotopic (exact) mass is 330 g/mol. The first-order valence-corrected chi connectivity index (χ1v) is 9.09. The van der Waals surface area contributed by atoms with E-state index in [1.165, 1.54) is 4.31 Å². The van der Waals surface area contributed by atoms with Gasteiger partial charge in [0.25, 0.3) is 0 Å². The van der Waals surface area contributed by atoms with Gasteiger partial charge in [-0.2, -0.15) is 4.31 Å². The Morgan fingerprint density at radius 1 is 1.43 bits per heavy atom. The molecule has 21 heavy (non-hydrogen) atoms. The molecule has 0 aromatic heterocycles. The molecule has 1 saturated heterocycles. The zero-order valence-electron chi connectivity index (χ0n) is 11.9. The highest BCUT2D eigenvalue weighted by Crippen LogP contribution is 2.20. The number of halogens is 1. The SMILES string of the molecule is CS(=O)(=O)N1CCCCC1C(=O)NCc1cccc(Cl)c1. The van der Waals surface area contributed by atoms with Gasteiger partial charge in [0.2, 0.25) is 15.9 Å². The van der Waals surface area contributed by atoms with Crippen LogP contribution >= 0.6 is 11.6 Å². The molecule has 7 heteroatoms. The van der Waals surface area contributed by atoms with Crippen molar-refractivity contribution in [3.8, 4) is 0 Å². The van der Waals surface area contributed by atoms with Gasteiger partial charge in [0, 0.05) is 18.1 Å². The average Bonchev–Trinajstić information content (AvgIpc) is 2.44. The smallest absolute Gasteiger partial charge is 0.238 e. The van der Waals surface area contributed by atoms with Gasteiger partial charge in [0.05, 0.1) is 6.26 Å². The molecule has 2 rings (SSSR count). The third-order valence-corrected chi connectivity index (χ3v) is 5.06. The standard InChI is InChI=1S/C14H19ClN2O3S/c1-21(19,20)17-8-3-2-7-13(17)14(18)16-10-11-5-4-6-12(15)9-11/h4-6,9,13H,2-3,7-8,10H2,1H3,(H,16,18). The number of benzene rings is 1. The Kier molecular flexibility index (Phi) is 5.24. The molecule has 0 bridgehead atoms. The minimum atomic E-state index is -3.36. The number of amides is 1. The fraction of sp³-hybridized carbons (Fsp3) is 0.500. The quantitative estimate of drug-likeness (QED) is 0.915. The predicted octanol–water partition coefficient (Wildman–Crippen LogP) is 1.77. The molecule has 0 radical (unpaired) electrons. The summed E-state index contributed by atoms with van der Waals surface area (Å²) in [6.45, 7) is 0.752. The Morgan fingerprint density at radius 2 is 2.19 bits per heavy atom. The van der Waals surface area contributed by atoms with Gasteiger partial charge in [0.1, 0.15) is 6.04 Å². The molecular weight excluding hydrogens is 312 g/mol. The van der Waals surface area contributed by atoms with Crippen molar-refractivity contribution in [3.05, 3.63) is 34.9 Å². The minimum Gasteiger partial charge on any atom is -0.351 e. The first-order valence-electron chi connectivity index (χ1n) is 6.87. The molecule has 0 spiro atoms. The van der Waals surface area contributed by atoms with Crippen molar-refractivity contribution in [2.45, 2.75) is 31.8 Å². The summed E-state index contributed by atoms with van der Waals surface area (Å²) in [6, 6.07) is 6.61. The van der Waals surface area contributed by atoms with Gasteiger partial charge in [-0.25, -0.2) is 8.42 Å². The Labute approximate surface area is 130 Å². The van der Waals surface area contributed by atoms with E-state index < -0.39 is 16.1 Å². The van der Waals surface area contributed by atoms with E-state index in [2.05, 4.69) is 5.32 Å². The lowest BCUT2D eigenvalue weighted by molar-refractivity contribution is -0.125. The number of hydrogen-bond donors (Lipinski definition) is 1. The second-order valence-corrected chi connectivity index (χ2v) is 7.60. The lowest BCUT2D eigenvalue weighted by atomic mass is 10.0. The molecular formula is C14H19ClN2O3S. The molecule has 0 saturated carbocycles. The Hall–Kier alpha value is -1.11. The number of nitrogens with zero attached hydrogens (tertiary/aromatic N) is 1. The lowest BCUT2D eigenvalue weighted by Gasteiger charge is -2.32. The molecule has 1 heterocycles. The van der Waals surface area contributed by atoms with E-state index >= 15 is 0 Å². The summed E-state index contributed by atoms with van der Waals surface area (Å²) < 4.78 is 24.8. The number of carbonyl (C=O) groups is 1. The molecule has 0 aliphatic carbocycles. The van der Waals surface area contributed by atoms with E-state index in [0.717, 1.165) is 24.7 Å². The minimum absolute atomic E-state index is 0.250. The molecule has 116 valence electrons. The summed E-state index contributed by atoms with van der Waals surface area (Å²) in [4.78, 5) is 12.3. The van der Waals surface area contributed by atoms with Crippen LogP contribution in [0.1, 0.15) is 24.8 Å². The Balaban J connectivity index is 2.01. The van der Waals surface area contributed by atoms with Crippen LogP contribution in [0, 0.1) is 0 Å². The van der Waals surface area contributed by atoms with Crippen molar-refractivity contribution >= 4 is 27.5 Å². The molecule has 1 aliphatic heterocycles. The maximum absolute atomic E-state index is 12.3. The van der Waals surface area contributed by atoms with E-state index in [9.17, 15) is 13.2 Å². The third-order valence-electron chi connectivity index (χ3n) is 3.54. The zero-order valence-corrected chi connectivity index (χ0v) is 13.5. The number of sulfonamides is 1. The van der Waals surface area contributed by atoms with Crippen LogP contribution in [0.5, 0.6) is 0 Å². The van der Waals surface area contributed by atoms with Gasteiger partial charge >= 0.3 is 0 Å². The molecule has 1 aromatic carbocycles. The molecule has 1 fully saturated rings. The van der Waals surface area contributed by atoms with Crippen LogP contribution < -0.4 is 5.32 Å². The summed E-state index contributed by atoms with van der Waals surface area (Å²) in [6.07, 6.45) is 3.37. The molecule has 1 unspecified atom stereocenters. The van der Waals surface area contributed by atoms with Crippen molar-refractivity contribution in [1.82, 2.24) is 9.62 Å². The van der Waals surface area contributed by atoms with Crippen LogP contribution in [0.4, 0.5) is 0 Å². The summed E-state index contributed by atoms with van der Waals surface area (Å²) in [5.74, 6) is -0.250. The van der Waals surface area contributed by atoms with Gasteiger partial charge in [-0.15, -0.1) is 0 Å². The van der Waals surface area contributed by atoms with Crippen LogP contribution in [0.15, 0.2) is 24.3 Å².